The molecule has 2 aromatic rings. The maximum atomic E-state index is 12.9. The maximum Gasteiger partial charge on any atom is 0.254 e. The minimum Gasteiger partial charge on any atom is -0.486 e. The first-order chi connectivity index (χ1) is 13.5. The molecule has 28 heavy (non-hydrogen) atoms. The summed E-state index contributed by atoms with van der Waals surface area (Å²) in [5, 5.41) is 3.64. The van der Waals surface area contributed by atoms with E-state index in [1.165, 1.54) is 0 Å². The Morgan fingerprint density at radius 2 is 1.71 bits per heavy atom. The van der Waals surface area contributed by atoms with Crippen LogP contribution in [0.3, 0.4) is 0 Å². The molecule has 1 fully saturated rings. The Kier molecular flexibility index (Phi) is 5.33. The molecule has 8 heteroatoms. The molecule has 4 rings (SSSR count). The monoisotopic (exact) mass is 420 g/mol. The normalized spacial score (nSPS) is 18.1. The number of fused-ring (bicyclic) bond motifs is 1. The molecule has 1 saturated heterocycles. The van der Waals surface area contributed by atoms with E-state index in [2.05, 4.69) is 5.32 Å². The van der Waals surface area contributed by atoms with Crippen LogP contribution in [-0.4, -0.2) is 42.5 Å². The largest absolute Gasteiger partial charge is 0.486 e. The third kappa shape index (κ3) is 3.88. The van der Waals surface area contributed by atoms with Crippen molar-refractivity contribution in [3.05, 3.63) is 52.0 Å². The highest BCUT2D eigenvalue weighted by molar-refractivity contribution is 6.35. The minimum absolute atomic E-state index is 0.240. The molecule has 0 aromatic heterocycles. The molecule has 0 bridgehead atoms. The summed E-state index contributed by atoms with van der Waals surface area (Å²) in [4.78, 5) is 27.3. The number of benzene rings is 2. The van der Waals surface area contributed by atoms with Crippen molar-refractivity contribution < 1.29 is 19.1 Å². The number of carbonyl (C=O) groups excluding carboxylic acids is 2. The molecular weight excluding hydrogens is 403 g/mol. The van der Waals surface area contributed by atoms with Gasteiger partial charge in [0.05, 0.1) is 0 Å². The number of halogens is 2. The van der Waals surface area contributed by atoms with E-state index in [0.29, 0.717) is 59.0 Å². The van der Waals surface area contributed by atoms with E-state index in [0.717, 1.165) is 6.42 Å². The number of hydrogen-bond donors (Lipinski definition) is 1. The fraction of sp³-hybridized carbons (Fsp3) is 0.300. The fourth-order valence-corrected chi connectivity index (χ4v) is 4.00. The van der Waals surface area contributed by atoms with Crippen LogP contribution in [0.15, 0.2) is 36.4 Å². The third-order valence-corrected chi connectivity index (χ3v) is 5.17. The number of nitrogens with one attached hydrogen (secondary N) is 1. The Hall–Kier alpha value is -2.44. The van der Waals surface area contributed by atoms with Gasteiger partial charge in [-0.25, -0.2) is 0 Å². The van der Waals surface area contributed by atoms with Crippen LogP contribution in [0.1, 0.15) is 23.2 Å². The highest BCUT2D eigenvalue weighted by atomic mass is 35.5. The summed E-state index contributed by atoms with van der Waals surface area (Å²) in [7, 11) is 0. The molecule has 0 radical (unpaired) electrons. The van der Waals surface area contributed by atoms with Crippen LogP contribution in [0.4, 0.5) is 5.69 Å². The number of amides is 2. The molecule has 2 aliphatic rings. The van der Waals surface area contributed by atoms with Gasteiger partial charge in [0.2, 0.25) is 5.91 Å². The van der Waals surface area contributed by atoms with Gasteiger partial charge in [-0.15, -0.1) is 0 Å². The highest BCUT2D eigenvalue weighted by Gasteiger charge is 2.35. The first kappa shape index (κ1) is 18.9. The molecule has 0 aliphatic carbocycles. The van der Waals surface area contributed by atoms with Crippen LogP contribution in [0.5, 0.6) is 11.5 Å². The van der Waals surface area contributed by atoms with Crippen LogP contribution in [0, 0.1) is 0 Å². The van der Waals surface area contributed by atoms with Gasteiger partial charge in [-0.05, 0) is 43.2 Å². The first-order valence-corrected chi connectivity index (χ1v) is 9.74. The summed E-state index contributed by atoms with van der Waals surface area (Å²) in [5.74, 6) is 0.747. The van der Waals surface area contributed by atoms with E-state index in [1.54, 1.807) is 41.3 Å². The Labute approximate surface area is 172 Å². The van der Waals surface area contributed by atoms with E-state index < -0.39 is 6.04 Å². The van der Waals surface area contributed by atoms with Gasteiger partial charge < -0.3 is 19.7 Å². The van der Waals surface area contributed by atoms with Crippen molar-refractivity contribution in [2.75, 3.05) is 25.1 Å². The fourth-order valence-electron chi connectivity index (χ4n) is 3.47. The minimum atomic E-state index is -0.557. The van der Waals surface area contributed by atoms with Crippen molar-refractivity contribution in [1.29, 1.82) is 0 Å². The van der Waals surface area contributed by atoms with Gasteiger partial charge >= 0.3 is 0 Å². The summed E-state index contributed by atoms with van der Waals surface area (Å²) >= 11 is 12.0. The summed E-state index contributed by atoms with van der Waals surface area (Å²) in [6.45, 7) is 1.48. The lowest BCUT2D eigenvalue weighted by Crippen LogP contribution is -2.43. The summed E-state index contributed by atoms with van der Waals surface area (Å²) < 4.78 is 11.0. The second-order valence-corrected chi connectivity index (χ2v) is 7.54. The van der Waals surface area contributed by atoms with E-state index in [-0.39, 0.29) is 11.8 Å². The molecule has 2 amide bonds. The molecule has 2 heterocycles. The van der Waals surface area contributed by atoms with Crippen molar-refractivity contribution in [3.63, 3.8) is 0 Å². The van der Waals surface area contributed by atoms with E-state index in [4.69, 9.17) is 32.7 Å². The number of rotatable bonds is 3. The van der Waals surface area contributed by atoms with Gasteiger partial charge in [0.1, 0.15) is 19.3 Å². The Bertz CT molecular complexity index is 914. The number of anilines is 1. The second-order valence-electron chi connectivity index (χ2n) is 6.66. The van der Waals surface area contributed by atoms with Crippen molar-refractivity contribution in [2.24, 2.45) is 0 Å². The van der Waals surface area contributed by atoms with Gasteiger partial charge in [-0.1, -0.05) is 23.2 Å². The van der Waals surface area contributed by atoms with Gasteiger partial charge in [-0.3, -0.25) is 9.59 Å². The topological polar surface area (TPSA) is 67.9 Å². The summed E-state index contributed by atoms with van der Waals surface area (Å²) in [6, 6.07) is 9.37. The molecule has 0 saturated carbocycles. The lowest BCUT2D eigenvalue weighted by molar-refractivity contribution is -0.119. The molecule has 0 unspecified atom stereocenters. The lowest BCUT2D eigenvalue weighted by Gasteiger charge is -2.24. The SMILES string of the molecule is O=C(Nc1ccc2c(c1)OCCO2)[C@@H]1CCCN1C(=O)c1cc(Cl)cc(Cl)c1. The summed E-state index contributed by atoms with van der Waals surface area (Å²) in [5.41, 5.74) is 0.968. The summed E-state index contributed by atoms with van der Waals surface area (Å²) in [6.07, 6.45) is 1.34. The standard InChI is InChI=1S/C20H18Cl2N2O4/c21-13-8-12(9-14(22)10-13)20(26)24-5-1-2-16(24)19(25)23-15-3-4-17-18(11-15)28-7-6-27-17/h3-4,8-11,16H,1-2,5-7H2,(H,23,25)/t16-/m0/s1. The lowest BCUT2D eigenvalue weighted by atomic mass is 10.1. The molecule has 6 nitrogen and oxygen atoms in total. The number of likely N-dealkylation sites (tertiary alicyclic amines) is 1. The average molecular weight is 421 g/mol. The van der Waals surface area contributed by atoms with E-state index >= 15 is 0 Å². The average Bonchev–Trinajstić information content (AvgIpc) is 3.16. The van der Waals surface area contributed by atoms with Gasteiger partial charge in [0, 0.05) is 33.9 Å². The zero-order chi connectivity index (χ0) is 19.7. The van der Waals surface area contributed by atoms with Crippen molar-refractivity contribution in [3.8, 4) is 11.5 Å². The van der Waals surface area contributed by atoms with E-state index in [1.807, 2.05) is 0 Å². The van der Waals surface area contributed by atoms with Gasteiger partial charge in [0.15, 0.2) is 11.5 Å². The molecule has 0 spiro atoms. The Morgan fingerprint density at radius 3 is 2.46 bits per heavy atom. The quantitative estimate of drug-likeness (QED) is 0.814. The molecular formula is C20H18Cl2N2O4. The van der Waals surface area contributed by atoms with Crippen molar-refractivity contribution in [2.45, 2.75) is 18.9 Å². The molecule has 1 N–H and O–H groups in total. The van der Waals surface area contributed by atoms with Crippen molar-refractivity contribution >= 4 is 40.7 Å². The Balaban J connectivity index is 1.50. The van der Waals surface area contributed by atoms with Crippen LogP contribution in [0.25, 0.3) is 0 Å². The van der Waals surface area contributed by atoms with Gasteiger partial charge in [-0.2, -0.15) is 0 Å². The van der Waals surface area contributed by atoms with Crippen LogP contribution >= 0.6 is 23.2 Å². The highest BCUT2D eigenvalue weighted by Crippen LogP contribution is 2.33. The van der Waals surface area contributed by atoms with Crippen LogP contribution in [0.2, 0.25) is 10.0 Å². The van der Waals surface area contributed by atoms with Crippen LogP contribution in [-0.2, 0) is 4.79 Å². The van der Waals surface area contributed by atoms with Crippen molar-refractivity contribution in [1.82, 2.24) is 4.90 Å². The predicted octanol–water partition coefficient (Wildman–Crippen LogP) is 4.01. The zero-order valence-corrected chi connectivity index (χ0v) is 16.4. The second kappa shape index (κ2) is 7.89. The first-order valence-electron chi connectivity index (χ1n) is 8.99. The number of nitrogens with zero attached hydrogens (tertiary/aromatic N) is 1. The maximum absolute atomic E-state index is 12.9. The number of carbonyl (C=O) groups is 2. The van der Waals surface area contributed by atoms with Crippen LogP contribution < -0.4 is 14.8 Å². The molecule has 146 valence electrons. The zero-order valence-electron chi connectivity index (χ0n) is 14.9. The molecule has 2 aliphatic heterocycles. The van der Waals surface area contributed by atoms with E-state index in [9.17, 15) is 9.59 Å². The third-order valence-electron chi connectivity index (χ3n) is 4.74. The molecule has 1 atom stereocenters. The number of hydrogen-bond acceptors (Lipinski definition) is 4. The molecule has 2 aromatic carbocycles. The number of ether oxygens (including phenoxy) is 2. The Morgan fingerprint density at radius 1 is 1.00 bits per heavy atom. The predicted molar refractivity (Wildman–Crippen MR) is 107 cm³/mol. The smallest absolute Gasteiger partial charge is 0.254 e. The van der Waals surface area contributed by atoms with Gasteiger partial charge in [0.25, 0.3) is 5.91 Å².